The summed E-state index contributed by atoms with van der Waals surface area (Å²) >= 11 is 2.96. The van der Waals surface area contributed by atoms with Gasteiger partial charge in [-0.05, 0) is 29.1 Å². The number of ether oxygens (including phenoxy) is 1. The lowest BCUT2D eigenvalue weighted by Gasteiger charge is -2.06. The monoisotopic (exact) mass is 282 g/mol. The molecule has 0 bridgehead atoms. The van der Waals surface area contributed by atoms with Crippen LogP contribution in [-0.2, 0) is 0 Å². The Morgan fingerprint density at radius 3 is 2.67 bits per heavy atom. The van der Waals surface area contributed by atoms with Crippen LogP contribution in [0.3, 0.4) is 0 Å². The van der Waals surface area contributed by atoms with E-state index in [0.717, 1.165) is 10.1 Å². The lowest BCUT2D eigenvalue weighted by atomic mass is 9.80. The van der Waals surface area contributed by atoms with E-state index in [1.54, 1.807) is 36.0 Å². The molecular weight excluding hydrogens is 271 g/mol. The number of hydrogen-bond acceptors (Lipinski definition) is 7. The van der Waals surface area contributed by atoms with Crippen molar-refractivity contribution in [1.29, 1.82) is 0 Å². The van der Waals surface area contributed by atoms with Crippen molar-refractivity contribution < 1.29 is 14.8 Å². The number of nitrogens with zero attached hydrogens (tertiary/aromatic N) is 2. The summed E-state index contributed by atoms with van der Waals surface area (Å²) in [4.78, 5) is 4.05. The van der Waals surface area contributed by atoms with Gasteiger partial charge in [0.2, 0.25) is 0 Å². The highest BCUT2D eigenvalue weighted by Crippen LogP contribution is 2.18. The Kier molecular flexibility index (Phi) is 5.00. The van der Waals surface area contributed by atoms with Gasteiger partial charge in [0.1, 0.15) is 12.1 Å². The number of thioether (sulfide) groups is 1. The first kappa shape index (κ1) is 13.3. The van der Waals surface area contributed by atoms with Crippen LogP contribution in [0.1, 0.15) is 0 Å². The fourth-order valence-corrected chi connectivity index (χ4v) is 2.58. The van der Waals surface area contributed by atoms with E-state index >= 15 is 0 Å². The topological polar surface area (TPSA) is 75.5 Å². The van der Waals surface area contributed by atoms with E-state index < -0.39 is 7.12 Å². The highest BCUT2D eigenvalue weighted by atomic mass is 32.2. The highest BCUT2D eigenvalue weighted by molar-refractivity contribution is 8.00. The Morgan fingerprint density at radius 2 is 2.06 bits per heavy atom. The van der Waals surface area contributed by atoms with Gasteiger partial charge >= 0.3 is 7.12 Å². The van der Waals surface area contributed by atoms with Gasteiger partial charge in [0.15, 0.2) is 4.34 Å². The first-order chi connectivity index (χ1) is 8.75. The Balaban J connectivity index is 1.73. The largest absolute Gasteiger partial charge is 0.493 e. The van der Waals surface area contributed by atoms with E-state index in [0.29, 0.717) is 17.8 Å². The first-order valence-electron chi connectivity index (χ1n) is 5.24. The summed E-state index contributed by atoms with van der Waals surface area (Å²) in [5.74, 6) is 1.50. The van der Waals surface area contributed by atoms with Crippen LogP contribution in [0.15, 0.2) is 34.9 Å². The molecule has 2 rings (SSSR count). The van der Waals surface area contributed by atoms with Gasteiger partial charge in [0.05, 0.1) is 6.61 Å². The van der Waals surface area contributed by atoms with Crippen LogP contribution in [0, 0.1) is 0 Å². The van der Waals surface area contributed by atoms with Crippen LogP contribution in [0.5, 0.6) is 5.75 Å². The van der Waals surface area contributed by atoms with Crippen LogP contribution in [0.25, 0.3) is 0 Å². The quantitative estimate of drug-likeness (QED) is 0.453. The zero-order valence-electron chi connectivity index (χ0n) is 9.39. The second-order valence-electron chi connectivity index (χ2n) is 3.35. The van der Waals surface area contributed by atoms with Crippen LogP contribution in [-0.4, -0.2) is 38.9 Å². The average molecular weight is 282 g/mol. The number of rotatable bonds is 6. The van der Waals surface area contributed by atoms with E-state index in [1.165, 1.54) is 17.9 Å². The summed E-state index contributed by atoms with van der Waals surface area (Å²) in [6, 6.07) is 6.67. The Morgan fingerprint density at radius 1 is 1.28 bits per heavy atom. The van der Waals surface area contributed by atoms with Crippen molar-refractivity contribution in [3.05, 3.63) is 30.6 Å². The van der Waals surface area contributed by atoms with Crippen LogP contribution >= 0.6 is 23.3 Å². The maximum atomic E-state index is 8.93. The maximum absolute atomic E-state index is 8.93. The van der Waals surface area contributed by atoms with Gasteiger partial charge in [-0.1, -0.05) is 23.9 Å². The van der Waals surface area contributed by atoms with Crippen LogP contribution in [0.4, 0.5) is 0 Å². The molecule has 1 aromatic heterocycles. The third-order valence-electron chi connectivity index (χ3n) is 2.10. The van der Waals surface area contributed by atoms with E-state index in [9.17, 15) is 0 Å². The van der Waals surface area contributed by atoms with Gasteiger partial charge in [0.25, 0.3) is 0 Å². The van der Waals surface area contributed by atoms with Gasteiger partial charge in [-0.15, -0.1) is 0 Å². The normalized spacial score (nSPS) is 10.3. The molecule has 18 heavy (non-hydrogen) atoms. The summed E-state index contributed by atoms with van der Waals surface area (Å²) in [6.07, 6.45) is 1.53. The van der Waals surface area contributed by atoms with Crippen molar-refractivity contribution >= 4 is 35.9 Å². The molecule has 0 unspecified atom stereocenters. The minimum absolute atomic E-state index is 0.450. The SMILES string of the molecule is OB(O)c1ccc(OCCSc2ncns2)cc1. The number of benzene rings is 1. The fourth-order valence-electron chi connectivity index (χ4n) is 1.25. The summed E-state index contributed by atoms with van der Waals surface area (Å²) in [5.41, 5.74) is 0.450. The molecule has 0 atom stereocenters. The summed E-state index contributed by atoms with van der Waals surface area (Å²) < 4.78 is 10.3. The van der Waals surface area contributed by atoms with E-state index in [4.69, 9.17) is 14.8 Å². The first-order valence-corrected chi connectivity index (χ1v) is 7.00. The molecule has 0 amide bonds. The number of hydrogen-bond donors (Lipinski definition) is 2. The van der Waals surface area contributed by atoms with Crippen molar-refractivity contribution in [1.82, 2.24) is 9.36 Å². The minimum Gasteiger partial charge on any atom is -0.493 e. The van der Waals surface area contributed by atoms with Crippen molar-refractivity contribution in [3.8, 4) is 5.75 Å². The van der Waals surface area contributed by atoms with Crippen molar-refractivity contribution in [3.63, 3.8) is 0 Å². The second-order valence-corrected chi connectivity index (χ2v) is 5.47. The molecule has 0 aliphatic carbocycles. The average Bonchev–Trinajstić information content (AvgIpc) is 2.88. The molecule has 0 spiro atoms. The molecule has 1 aromatic carbocycles. The molecule has 2 aromatic rings. The predicted molar refractivity (Wildman–Crippen MR) is 72.4 cm³/mol. The third kappa shape index (κ3) is 3.99. The molecule has 2 N–H and O–H groups in total. The summed E-state index contributed by atoms with van der Waals surface area (Å²) in [7, 11) is -1.44. The van der Waals surface area contributed by atoms with Gasteiger partial charge in [-0.3, -0.25) is 0 Å². The molecule has 8 heteroatoms. The summed E-state index contributed by atoms with van der Waals surface area (Å²) in [6.45, 7) is 0.561. The molecule has 0 radical (unpaired) electrons. The van der Waals surface area contributed by atoms with Crippen molar-refractivity contribution in [2.75, 3.05) is 12.4 Å². The van der Waals surface area contributed by atoms with Crippen LogP contribution < -0.4 is 10.2 Å². The molecule has 0 saturated carbocycles. The van der Waals surface area contributed by atoms with Crippen molar-refractivity contribution in [2.24, 2.45) is 0 Å². The molecule has 5 nitrogen and oxygen atoms in total. The predicted octanol–water partition coefficient (Wildman–Crippen LogP) is 0.389. The molecule has 0 aliphatic heterocycles. The zero-order chi connectivity index (χ0) is 12.8. The number of aromatic nitrogens is 2. The molecule has 1 heterocycles. The lowest BCUT2D eigenvalue weighted by Crippen LogP contribution is -2.29. The minimum atomic E-state index is -1.44. The molecule has 0 fully saturated rings. The standard InChI is InChI=1S/C10H11BN2O3S2/c14-11(15)8-1-3-9(4-2-8)16-5-6-17-10-12-7-13-18-10/h1-4,7,14-15H,5-6H2. The third-order valence-corrected chi connectivity index (χ3v) is 3.86. The lowest BCUT2D eigenvalue weighted by molar-refractivity contribution is 0.344. The van der Waals surface area contributed by atoms with E-state index in [1.807, 2.05) is 0 Å². The molecule has 0 aliphatic rings. The van der Waals surface area contributed by atoms with Gasteiger partial charge in [0, 0.05) is 5.75 Å². The van der Waals surface area contributed by atoms with Gasteiger partial charge in [-0.2, -0.15) is 4.37 Å². The zero-order valence-corrected chi connectivity index (χ0v) is 11.0. The fraction of sp³-hybridized carbons (Fsp3) is 0.200. The van der Waals surface area contributed by atoms with Gasteiger partial charge in [-0.25, -0.2) is 4.98 Å². The second kappa shape index (κ2) is 6.74. The Hall–Kier alpha value is -1.09. The van der Waals surface area contributed by atoms with Crippen LogP contribution in [0.2, 0.25) is 0 Å². The smallest absolute Gasteiger partial charge is 0.488 e. The summed E-state index contributed by atoms with van der Waals surface area (Å²) in [5, 5.41) is 17.9. The van der Waals surface area contributed by atoms with E-state index in [-0.39, 0.29) is 0 Å². The molecule has 94 valence electrons. The molecule has 0 saturated heterocycles. The Bertz CT molecular complexity index is 464. The Labute approximate surface area is 113 Å². The maximum Gasteiger partial charge on any atom is 0.488 e. The van der Waals surface area contributed by atoms with Crippen molar-refractivity contribution in [2.45, 2.75) is 4.34 Å². The highest BCUT2D eigenvalue weighted by Gasteiger charge is 2.09. The van der Waals surface area contributed by atoms with Gasteiger partial charge < -0.3 is 14.8 Å². The molecular formula is C10H11BN2O3S2. The van der Waals surface area contributed by atoms with E-state index in [2.05, 4.69) is 9.36 Å².